The molecule has 0 saturated heterocycles. The second kappa shape index (κ2) is 8.77. The zero-order valence-electron chi connectivity index (χ0n) is 24.2. The van der Waals surface area contributed by atoms with Gasteiger partial charge in [0.05, 0.1) is 5.56 Å². The van der Waals surface area contributed by atoms with E-state index in [1.165, 1.54) is 0 Å². The van der Waals surface area contributed by atoms with Gasteiger partial charge in [-0.3, -0.25) is 14.4 Å². The van der Waals surface area contributed by atoms with Gasteiger partial charge in [-0.25, -0.2) is 0 Å². The molecule has 212 valence electrons. The number of hydrogen-bond acceptors (Lipinski definition) is 7. The minimum atomic E-state index is -2.61. The molecule has 4 aliphatic rings. The van der Waals surface area contributed by atoms with Crippen LogP contribution in [-0.2, 0) is 20.8 Å². The van der Waals surface area contributed by atoms with Crippen LogP contribution in [0.4, 0.5) is 0 Å². The first kappa shape index (κ1) is 28.1. The lowest BCUT2D eigenvalue weighted by molar-refractivity contribution is -0.178. The number of phenols is 1. The van der Waals surface area contributed by atoms with E-state index in [0.29, 0.717) is 12.0 Å². The Hall–Kier alpha value is -3.45. The van der Waals surface area contributed by atoms with Gasteiger partial charge in [-0.15, -0.1) is 0 Å². The number of Topliss-reactive ketones (excluding diaryl/α,β-unsaturated/α-hetero) is 3. The van der Waals surface area contributed by atoms with E-state index in [0.717, 1.165) is 23.6 Å². The Kier molecular flexibility index (Phi) is 6.16. The normalized spacial score (nSPS) is 31.6. The molecule has 0 aromatic heterocycles. The summed E-state index contributed by atoms with van der Waals surface area (Å²) in [4.78, 5) is 40.7. The summed E-state index contributed by atoms with van der Waals surface area (Å²) in [6, 6.07) is 1.96. The van der Waals surface area contributed by atoms with Crippen molar-refractivity contribution in [1.29, 1.82) is 0 Å². The Balaban J connectivity index is 1.84. The van der Waals surface area contributed by atoms with Crippen LogP contribution in [0, 0.1) is 22.7 Å². The standard InChI is InChI=1S/C33H38O7/c1-15(2)19-12-20(18-10-8-9-11-18)26(35)23-21(19)13-31(6)14-32(7)24(16(3)4)27(36)22(17(5)34)29(38)33(32,40)30(39)25(31)28(23)37/h8-10,12,15-16,24,35,37-38,40H,11,13-14H2,1-7H3/t24?,31-,32-,33+/m1/s1. The molecule has 4 atom stereocenters. The molecule has 0 spiro atoms. The largest absolute Gasteiger partial charge is 0.508 e. The van der Waals surface area contributed by atoms with Gasteiger partial charge in [0.15, 0.2) is 17.2 Å². The van der Waals surface area contributed by atoms with Crippen molar-refractivity contribution < 1.29 is 34.8 Å². The van der Waals surface area contributed by atoms with Crippen molar-refractivity contribution in [2.45, 2.75) is 79.2 Å². The molecule has 0 aliphatic heterocycles. The first-order valence-corrected chi connectivity index (χ1v) is 14.0. The van der Waals surface area contributed by atoms with Crippen molar-refractivity contribution in [3.8, 4) is 5.75 Å². The number of benzene rings is 1. The molecule has 0 radical (unpaired) electrons. The highest BCUT2D eigenvalue weighted by atomic mass is 16.3. The van der Waals surface area contributed by atoms with Crippen LogP contribution in [0.3, 0.4) is 0 Å². The Morgan fingerprint density at radius 3 is 2.25 bits per heavy atom. The average Bonchev–Trinajstić information content (AvgIpc) is 3.35. The van der Waals surface area contributed by atoms with Crippen LogP contribution in [-0.4, -0.2) is 43.4 Å². The van der Waals surface area contributed by atoms with Crippen LogP contribution in [0.5, 0.6) is 5.75 Å². The number of carbonyl (C=O) groups excluding carboxylic acids is 3. The lowest BCUT2D eigenvalue weighted by Gasteiger charge is -2.60. The smallest absolute Gasteiger partial charge is 0.203 e. The Morgan fingerprint density at radius 1 is 1.07 bits per heavy atom. The average molecular weight is 547 g/mol. The van der Waals surface area contributed by atoms with Gasteiger partial charge in [0.1, 0.15) is 22.8 Å². The van der Waals surface area contributed by atoms with E-state index in [-0.39, 0.29) is 41.6 Å². The van der Waals surface area contributed by atoms with Crippen molar-refractivity contribution in [2.75, 3.05) is 0 Å². The number of hydrogen-bond donors (Lipinski definition) is 4. The molecule has 0 bridgehead atoms. The molecule has 7 heteroatoms. The molecule has 0 amide bonds. The predicted molar refractivity (Wildman–Crippen MR) is 152 cm³/mol. The van der Waals surface area contributed by atoms with Crippen LogP contribution in [0.2, 0.25) is 0 Å². The summed E-state index contributed by atoms with van der Waals surface area (Å²) in [5, 5.41) is 46.9. The number of carbonyl (C=O) groups is 3. The van der Waals surface area contributed by atoms with Gasteiger partial charge in [0.2, 0.25) is 5.78 Å². The molecule has 1 aromatic rings. The Morgan fingerprint density at radius 2 is 1.73 bits per heavy atom. The van der Waals surface area contributed by atoms with Crippen LogP contribution < -0.4 is 0 Å². The lowest BCUT2D eigenvalue weighted by atomic mass is 9.43. The summed E-state index contributed by atoms with van der Waals surface area (Å²) in [6.07, 6.45) is 6.75. The first-order chi connectivity index (χ1) is 18.5. The first-order valence-electron chi connectivity index (χ1n) is 14.0. The summed E-state index contributed by atoms with van der Waals surface area (Å²) in [5.41, 5.74) is -2.51. The fourth-order valence-electron chi connectivity index (χ4n) is 8.22. The molecule has 1 fully saturated rings. The van der Waals surface area contributed by atoms with Gasteiger partial charge in [-0.05, 0) is 60.8 Å². The zero-order chi connectivity index (χ0) is 29.7. The van der Waals surface area contributed by atoms with Gasteiger partial charge in [-0.2, -0.15) is 0 Å². The number of rotatable bonds is 4. The fourth-order valence-corrected chi connectivity index (χ4v) is 8.22. The molecule has 0 heterocycles. The van der Waals surface area contributed by atoms with Gasteiger partial charge >= 0.3 is 0 Å². The molecule has 1 saturated carbocycles. The number of fused-ring (bicyclic) bond motifs is 3. The molecule has 1 aromatic carbocycles. The van der Waals surface area contributed by atoms with Gasteiger partial charge < -0.3 is 20.4 Å². The van der Waals surface area contributed by atoms with E-state index in [1.54, 1.807) is 20.8 Å². The van der Waals surface area contributed by atoms with E-state index in [1.807, 2.05) is 45.1 Å². The van der Waals surface area contributed by atoms with Gasteiger partial charge in [-0.1, -0.05) is 59.8 Å². The van der Waals surface area contributed by atoms with Crippen LogP contribution in [0.1, 0.15) is 89.5 Å². The molecule has 40 heavy (non-hydrogen) atoms. The van der Waals surface area contributed by atoms with Crippen molar-refractivity contribution in [3.63, 3.8) is 0 Å². The molecular formula is C33H38O7. The Bertz CT molecular complexity index is 1520. The van der Waals surface area contributed by atoms with E-state index in [2.05, 4.69) is 0 Å². The minimum absolute atomic E-state index is 0.0394. The third-order valence-electron chi connectivity index (χ3n) is 9.78. The van der Waals surface area contributed by atoms with E-state index in [4.69, 9.17) is 0 Å². The summed E-state index contributed by atoms with van der Waals surface area (Å²) >= 11 is 0. The highest BCUT2D eigenvalue weighted by molar-refractivity contribution is 6.24. The van der Waals surface area contributed by atoms with Crippen molar-refractivity contribution in [2.24, 2.45) is 22.7 Å². The molecule has 4 aliphatic carbocycles. The van der Waals surface area contributed by atoms with Crippen molar-refractivity contribution >= 4 is 28.7 Å². The fraction of sp³-hybridized carbons (Fsp3) is 0.485. The summed E-state index contributed by atoms with van der Waals surface area (Å²) in [6.45, 7) is 12.2. The molecule has 1 unspecified atom stereocenters. The van der Waals surface area contributed by atoms with Crippen LogP contribution in [0.25, 0.3) is 11.3 Å². The van der Waals surface area contributed by atoms with E-state index < -0.39 is 56.8 Å². The van der Waals surface area contributed by atoms with Crippen molar-refractivity contribution in [3.05, 3.63) is 63.5 Å². The Labute approximate surface area is 234 Å². The number of allylic oxidation sites excluding steroid dienone is 5. The van der Waals surface area contributed by atoms with Crippen molar-refractivity contribution in [1.82, 2.24) is 0 Å². The second-order valence-electron chi connectivity index (χ2n) is 13.2. The topological polar surface area (TPSA) is 132 Å². The predicted octanol–water partition coefficient (Wildman–Crippen LogP) is 5.66. The number of aliphatic hydroxyl groups excluding tert-OH is 2. The zero-order valence-corrected chi connectivity index (χ0v) is 24.2. The number of ketones is 3. The highest BCUT2D eigenvalue weighted by Gasteiger charge is 2.72. The van der Waals surface area contributed by atoms with E-state index in [9.17, 15) is 34.8 Å². The molecule has 5 rings (SSSR count). The van der Waals surface area contributed by atoms with E-state index >= 15 is 0 Å². The molecule has 4 N–H and O–H groups in total. The maximum Gasteiger partial charge on any atom is 0.203 e. The third kappa shape index (κ3) is 3.36. The number of aromatic hydroxyl groups is 1. The van der Waals surface area contributed by atoms with Gasteiger partial charge in [0.25, 0.3) is 0 Å². The quantitative estimate of drug-likeness (QED) is 0.359. The van der Waals surface area contributed by atoms with Crippen LogP contribution >= 0.6 is 0 Å². The SMILES string of the molecule is CC(=O)C1=C(O)[C@]2(O)C(=O)C3=C(O)c4c(O)c(C5=CC=CC5)cc(C(C)C)c4C[C@]3(C)C[C@]2(C)C(C(C)C)C1=O. The minimum Gasteiger partial charge on any atom is -0.508 e. The highest BCUT2D eigenvalue weighted by Crippen LogP contribution is 2.65. The maximum atomic E-state index is 14.5. The number of aliphatic hydroxyl groups is 3. The molecular weight excluding hydrogens is 508 g/mol. The maximum absolute atomic E-state index is 14.5. The molecule has 7 nitrogen and oxygen atoms in total. The summed E-state index contributed by atoms with van der Waals surface area (Å²) in [7, 11) is 0. The monoisotopic (exact) mass is 546 g/mol. The second-order valence-corrected chi connectivity index (χ2v) is 13.2. The van der Waals surface area contributed by atoms with Gasteiger partial charge in [0, 0.05) is 27.9 Å². The number of phenolic OH excluding ortho intramolecular Hbond substituents is 1. The summed E-state index contributed by atoms with van der Waals surface area (Å²) < 4.78 is 0. The van der Waals surface area contributed by atoms with Crippen LogP contribution in [0.15, 0.2) is 41.2 Å². The third-order valence-corrected chi connectivity index (χ3v) is 9.78. The lowest BCUT2D eigenvalue weighted by Crippen LogP contribution is -2.69. The summed E-state index contributed by atoms with van der Waals surface area (Å²) in [5.74, 6) is -5.05.